The van der Waals surface area contributed by atoms with E-state index in [4.69, 9.17) is 0 Å². The lowest BCUT2D eigenvalue weighted by Gasteiger charge is -2.33. The van der Waals surface area contributed by atoms with Gasteiger partial charge in [-0.15, -0.1) is 0 Å². The molecule has 0 spiro atoms. The number of benzene rings is 2. The Bertz CT molecular complexity index is 763. The van der Waals surface area contributed by atoms with E-state index in [9.17, 15) is 9.59 Å². The van der Waals surface area contributed by atoms with Gasteiger partial charge in [0.1, 0.15) is 0 Å². The number of imide groups is 1. The molecule has 4 rings (SSSR count). The number of hydrogen-bond acceptors (Lipinski definition) is 3. The molecule has 4 nitrogen and oxygen atoms in total. The lowest BCUT2D eigenvalue weighted by Crippen LogP contribution is -2.34. The monoisotopic (exact) mass is 320 g/mol. The number of fused-ring (bicyclic) bond motifs is 1. The summed E-state index contributed by atoms with van der Waals surface area (Å²) in [6.07, 6.45) is 2.49. The topological polar surface area (TPSA) is 40.6 Å². The Morgan fingerprint density at radius 2 is 1.46 bits per heavy atom. The summed E-state index contributed by atoms with van der Waals surface area (Å²) in [7, 11) is 0. The molecule has 24 heavy (non-hydrogen) atoms. The zero-order valence-corrected chi connectivity index (χ0v) is 13.7. The van der Waals surface area contributed by atoms with E-state index in [1.54, 1.807) is 24.3 Å². The van der Waals surface area contributed by atoms with Crippen LogP contribution in [0.5, 0.6) is 0 Å². The minimum atomic E-state index is -0.241. The van der Waals surface area contributed by atoms with Crippen LogP contribution in [0.15, 0.2) is 48.5 Å². The van der Waals surface area contributed by atoms with Gasteiger partial charge in [-0.3, -0.25) is 9.59 Å². The van der Waals surface area contributed by atoms with Crippen molar-refractivity contribution in [2.75, 3.05) is 22.9 Å². The fraction of sp³-hybridized carbons (Fsp3) is 0.300. The molecule has 0 N–H and O–H groups in total. The van der Waals surface area contributed by atoms with Gasteiger partial charge in [-0.05, 0) is 55.2 Å². The minimum absolute atomic E-state index is 0.241. The fourth-order valence-corrected chi connectivity index (χ4v) is 3.66. The first-order valence-corrected chi connectivity index (χ1v) is 8.48. The highest BCUT2D eigenvalue weighted by molar-refractivity contribution is 6.34. The summed E-state index contributed by atoms with van der Waals surface area (Å²) < 4.78 is 0. The predicted octanol–water partition coefficient (Wildman–Crippen LogP) is 3.72. The second-order valence-corrected chi connectivity index (χ2v) is 6.70. The van der Waals surface area contributed by atoms with Crippen molar-refractivity contribution in [1.29, 1.82) is 0 Å². The summed E-state index contributed by atoms with van der Waals surface area (Å²) in [6.45, 7) is 4.41. The molecular formula is C20H20N2O2. The van der Waals surface area contributed by atoms with Crippen molar-refractivity contribution in [3.05, 3.63) is 59.7 Å². The molecule has 1 fully saturated rings. The average Bonchev–Trinajstić information content (AvgIpc) is 2.87. The molecule has 1 unspecified atom stereocenters. The SMILES string of the molecule is CC1CCCN(c2ccc(N3C(=O)c4ccccc4C3=O)cc2)C1. The molecule has 0 radical (unpaired) electrons. The second kappa shape index (κ2) is 5.78. The first-order chi connectivity index (χ1) is 11.6. The molecule has 0 aromatic heterocycles. The molecule has 2 aromatic rings. The highest BCUT2D eigenvalue weighted by atomic mass is 16.2. The summed E-state index contributed by atoms with van der Waals surface area (Å²) in [5, 5.41) is 0. The molecule has 1 atom stereocenters. The van der Waals surface area contributed by atoms with Crippen molar-refractivity contribution >= 4 is 23.2 Å². The Hall–Kier alpha value is -2.62. The molecule has 0 saturated carbocycles. The first-order valence-electron chi connectivity index (χ1n) is 8.48. The third-order valence-corrected chi connectivity index (χ3v) is 4.92. The molecule has 0 aliphatic carbocycles. The van der Waals surface area contributed by atoms with Crippen LogP contribution in [0.25, 0.3) is 0 Å². The largest absolute Gasteiger partial charge is 0.371 e. The summed E-state index contributed by atoms with van der Waals surface area (Å²) in [6, 6.07) is 14.8. The quantitative estimate of drug-likeness (QED) is 0.792. The van der Waals surface area contributed by atoms with E-state index in [0.717, 1.165) is 18.8 Å². The van der Waals surface area contributed by atoms with Gasteiger partial charge in [0.2, 0.25) is 0 Å². The fourth-order valence-electron chi connectivity index (χ4n) is 3.66. The van der Waals surface area contributed by atoms with E-state index >= 15 is 0 Å². The van der Waals surface area contributed by atoms with E-state index in [1.807, 2.05) is 24.3 Å². The van der Waals surface area contributed by atoms with E-state index in [0.29, 0.717) is 22.7 Å². The maximum atomic E-state index is 12.5. The highest BCUT2D eigenvalue weighted by Crippen LogP contribution is 2.30. The lowest BCUT2D eigenvalue weighted by atomic mass is 10.00. The standard InChI is InChI=1S/C20H20N2O2/c1-14-5-4-12-21(13-14)15-8-10-16(11-9-15)22-19(23)17-6-2-3-7-18(17)20(22)24/h2-3,6-11,14H,4-5,12-13H2,1H3. The number of amides is 2. The molecule has 4 heteroatoms. The van der Waals surface area contributed by atoms with E-state index < -0.39 is 0 Å². The van der Waals surface area contributed by atoms with Crippen LogP contribution >= 0.6 is 0 Å². The smallest absolute Gasteiger partial charge is 0.266 e. The Kier molecular flexibility index (Phi) is 3.60. The van der Waals surface area contributed by atoms with Crippen LogP contribution < -0.4 is 9.80 Å². The van der Waals surface area contributed by atoms with Gasteiger partial charge in [-0.1, -0.05) is 19.1 Å². The van der Waals surface area contributed by atoms with E-state index in [-0.39, 0.29) is 11.8 Å². The van der Waals surface area contributed by atoms with Gasteiger partial charge in [0.15, 0.2) is 0 Å². The minimum Gasteiger partial charge on any atom is -0.371 e. The zero-order valence-electron chi connectivity index (χ0n) is 13.7. The molecule has 122 valence electrons. The van der Waals surface area contributed by atoms with E-state index in [1.165, 1.54) is 17.7 Å². The Morgan fingerprint density at radius 1 is 0.875 bits per heavy atom. The van der Waals surface area contributed by atoms with Crippen molar-refractivity contribution < 1.29 is 9.59 Å². The van der Waals surface area contributed by atoms with E-state index in [2.05, 4.69) is 11.8 Å². The summed E-state index contributed by atoms with van der Waals surface area (Å²) >= 11 is 0. The van der Waals surface area contributed by atoms with Gasteiger partial charge in [0.25, 0.3) is 11.8 Å². The summed E-state index contributed by atoms with van der Waals surface area (Å²) in [5.41, 5.74) is 2.75. The summed E-state index contributed by atoms with van der Waals surface area (Å²) in [4.78, 5) is 28.7. The lowest BCUT2D eigenvalue weighted by molar-refractivity contribution is 0.0926. The first kappa shape index (κ1) is 14.9. The van der Waals surface area contributed by atoms with Crippen LogP contribution in [0.4, 0.5) is 11.4 Å². The van der Waals surface area contributed by atoms with Gasteiger partial charge < -0.3 is 4.90 Å². The van der Waals surface area contributed by atoms with Crippen LogP contribution in [-0.2, 0) is 0 Å². The Labute approximate surface area is 141 Å². The molecule has 2 aliphatic heterocycles. The van der Waals surface area contributed by atoms with Crippen molar-refractivity contribution in [1.82, 2.24) is 0 Å². The van der Waals surface area contributed by atoms with Crippen LogP contribution in [0, 0.1) is 5.92 Å². The van der Waals surface area contributed by atoms with Crippen LogP contribution in [0.3, 0.4) is 0 Å². The highest BCUT2D eigenvalue weighted by Gasteiger charge is 2.36. The normalized spacial score (nSPS) is 20.5. The third kappa shape index (κ3) is 2.39. The molecule has 0 bridgehead atoms. The number of nitrogens with zero attached hydrogens (tertiary/aromatic N) is 2. The third-order valence-electron chi connectivity index (χ3n) is 4.92. The van der Waals surface area contributed by atoms with Crippen molar-refractivity contribution in [3.8, 4) is 0 Å². The van der Waals surface area contributed by atoms with Crippen molar-refractivity contribution in [2.24, 2.45) is 5.92 Å². The Balaban J connectivity index is 1.60. The number of carbonyl (C=O) groups excluding carboxylic acids is 2. The maximum absolute atomic E-state index is 12.5. The van der Waals surface area contributed by atoms with Crippen LogP contribution in [0.1, 0.15) is 40.5 Å². The molecule has 2 amide bonds. The molecule has 2 aromatic carbocycles. The van der Waals surface area contributed by atoms with Crippen LogP contribution in [-0.4, -0.2) is 24.9 Å². The summed E-state index contributed by atoms with van der Waals surface area (Å²) in [5.74, 6) is 0.222. The number of carbonyl (C=O) groups is 2. The maximum Gasteiger partial charge on any atom is 0.266 e. The molecule has 2 heterocycles. The van der Waals surface area contributed by atoms with Gasteiger partial charge in [-0.2, -0.15) is 0 Å². The van der Waals surface area contributed by atoms with Crippen molar-refractivity contribution in [3.63, 3.8) is 0 Å². The second-order valence-electron chi connectivity index (χ2n) is 6.70. The van der Waals surface area contributed by atoms with Crippen molar-refractivity contribution in [2.45, 2.75) is 19.8 Å². The van der Waals surface area contributed by atoms with Gasteiger partial charge in [-0.25, -0.2) is 4.90 Å². The number of anilines is 2. The van der Waals surface area contributed by atoms with Crippen LogP contribution in [0.2, 0.25) is 0 Å². The number of piperidine rings is 1. The van der Waals surface area contributed by atoms with Gasteiger partial charge in [0, 0.05) is 18.8 Å². The van der Waals surface area contributed by atoms with Gasteiger partial charge >= 0.3 is 0 Å². The molecule has 1 saturated heterocycles. The Morgan fingerprint density at radius 3 is 2.04 bits per heavy atom. The zero-order chi connectivity index (χ0) is 16.7. The number of hydrogen-bond donors (Lipinski definition) is 0. The molecular weight excluding hydrogens is 300 g/mol. The average molecular weight is 320 g/mol. The molecule has 2 aliphatic rings. The number of rotatable bonds is 2. The van der Waals surface area contributed by atoms with Gasteiger partial charge in [0.05, 0.1) is 16.8 Å². The predicted molar refractivity (Wildman–Crippen MR) is 94.6 cm³/mol.